The number of aliphatic imine (C=N–C) groups is 1. The highest BCUT2D eigenvalue weighted by molar-refractivity contribution is 6.09. The summed E-state index contributed by atoms with van der Waals surface area (Å²) in [6.07, 6.45) is 4.72. The Hall–Kier alpha value is -3.68. The summed E-state index contributed by atoms with van der Waals surface area (Å²) in [6, 6.07) is 9.83. The lowest BCUT2D eigenvalue weighted by atomic mass is 9.72. The van der Waals surface area contributed by atoms with Crippen LogP contribution in [0.25, 0.3) is 17.2 Å². The van der Waals surface area contributed by atoms with Gasteiger partial charge < -0.3 is 16.0 Å². The monoisotopic (exact) mass is 391 g/mol. The van der Waals surface area contributed by atoms with E-state index in [0.717, 1.165) is 16.7 Å². The zero-order chi connectivity index (χ0) is 21.0. The number of nitrogens with zero attached hydrogens (tertiary/aromatic N) is 4. The smallest absolute Gasteiger partial charge is 0.275 e. The number of rotatable bonds is 7. The standard InChI is InChI=1S/C21H25N7O/c1-13(2)21(4,20-26-19(29-28-20)18-9-10-25-27-18)17-7-5-15(6-8-17)16(11-22)12-24-14(3)23/h5-13H,3,22-23H2,1-2,4H3,(H,25,27)/b16-11+,24-12?/t21-/m0/s1. The Labute approximate surface area is 169 Å². The molecule has 2 heterocycles. The number of benzene rings is 1. The lowest BCUT2D eigenvalue weighted by Gasteiger charge is -2.31. The van der Waals surface area contributed by atoms with Crippen LogP contribution in [0.5, 0.6) is 0 Å². The molecule has 0 fully saturated rings. The Balaban J connectivity index is 1.96. The van der Waals surface area contributed by atoms with Gasteiger partial charge in [-0.2, -0.15) is 10.1 Å². The maximum atomic E-state index is 5.74. The van der Waals surface area contributed by atoms with Gasteiger partial charge in [0.15, 0.2) is 5.82 Å². The highest BCUT2D eigenvalue weighted by Gasteiger charge is 2.37. The van der Waals surface area contributed by atoms with Gasteiger partial charge in [-0.25, -0.2) is 4.99 Å². The third kappa shape index (κ3) is 3.96. The Morgan fingerprint density at radius 2 is 2.00 bits per heavy atom. The molecule has 2 aromatic heterocycles. The molecule has 8 nitrogen and oxygen atoms in total. The second-order valence-electron chi connectivity index (χ2n) is 7.20. The van der Waals surface area contributed by atoms with E-state index in [9.17, 15) is 0 Å². The molecule has 3 aromatic rings. The van der Waals surface area contributed by atoms with E-state index < -0.39 is 5.41 Å². The Kier molecular flexibility index (Phi) is 5.63. The maximum absolute atomic E-state index is 5.74. The lowest BCUT2D eigenvalue weighted by molar-refractivity contribution is 0.350. The van der Waals surface area contributed by atoms with Crippen molar-refractivity contribution in [3.05, 3.63) is 72.1 Å². The molecule has 8 heteroatoms. The van der Waals surface area contributed by atoms with Crippen LogP contribution in [-0.4, -0.2) is 26.6 Å². The van der Waals surface area contributed by atoms with E-state index in [4.69, 9.17) is 16.0 Å². The molecule has 0 aliphatic heterocycles. The maximum Gasteiger partial charge on any atom is 0.275 e. The van der Waals surface area contributed by atoms with Crippen molar-refractivity contribution < 1.29 is 4.52 Å². The van der Waals surface area contributed by atoms with Gasteiger partial charge in [0, 0.05) is 24.2 Å². The van der Waals surface area contributed by atoms with Crippen molar-refractivity contribution in [3.8, 4) is 11.6 Å². The van der Waals surface area contributed by atoms with Crippen LogP contribution < -0.4 is 11.5 Å². The van der Waals surface area contributed by atoms with Crippen molar-refractivity contribution in [2.75, 3.05) is 0 Å². The summed E-state index contributed by atoms with van der Waals surface area (Å²) in [5.41, 5.74) is 14.2. The molecule has 29 heavy (non-hydrogen) atoms. The van der Waals surface area contributed by atoms with E-state index in [1.807, 2.05) is 24.3 Å². The third-order valence-electron chi connectivity index (χ3n) is 5.14. The van der Waals surface area contributed by atoms with E-state index in [1.54, 1.807) is 18.5 Å². The van der Waals surface area contributed by atoms with Crippen LogP contribution in [0.15, 0.2) is 64.6 Å². The molecule has 3 rings (SSSR count). The van der Waals surface area contributed by atoms with Gasteiger partial charge in [-0.1, -0.05) is 49.8 Å². The minimum Gasteiger partial charge on any atom is -0.404 e. The molecule has 0 spiro atoms. The van der Waals surface area contributed by atoms with E-state index >= 15 is 0 Å². The molecular weight excluding hydrogens is 366 g/mol. The Bertz CT molecular complexity index is 1030. The summed E-state index contributed by atoms with van der Waals surface area (Å²) in [6.45, 7) is 9.92. The lowest BCUT2D eigenvalue weighted by Crippen LogP contribution is -2.31. The summed E-state index contributed by atoms with van der Waals surface area (Å²) in [4.78, 5) is 8.64. The SMILES string of the molecule is C=C(N)N=C/C(=C\N)c1ccc([C@@](C)(c2noc(-c3ccn[nH]3)n2)C(C)C)cc1. The van der Waals surface area contributed by atoms with Crippen molar-refractivity contribution in [3.63, 3.8) is 0 Å². The molecular formula is C21H25N7O. The molecule has 1 atom stereocenters. The predicted molar refractivity (Wildman–Crippen MR) is 114 cm³/mol. The number of aromatic amines is 1. The van der Waals surface area contributed by atoms with Gasteiger partial charge in [0.25, 0.3) is 5.89 Å². The quantitative estimate of drug-likeness (QED) is 0.530. The third-order valence-corrected chi connectivity index (χ3v) is 5.14. The molecule has 1 aromatic carbocycles. The second kappa shape index (κ2) is 8.14. The van der Waals surface area contributed by atoms with Gasteiger partial charge >= 0.3 is 0 Å². The topological polar surface area (TPSA) is 132 Å². The molecule has 0 bridgehead atoms. The number of aromatic nitrogens is 4. The van der Waals surface area contributed by atoms with Gasteiger partial charge in [0.2, 0.25) is 0 Å². The minimum atomic E-state index is -0.452. The van der Waals surface area contributed by atoms with Crippen molar-refractivity contribution in [2.45, 2.75) is 26.2 Å². The second-order valence-corrected chi connectivity index (χ2v) is 7.20. The molecule has 0 saturated carbocycles. The first-order valence-electron chi connectivity index (χ1n) is 9.21. The van der Waals surface area contributed by atoms with Crippen molar-refractivity contribution in [2.24, 2.45) is 22.4 Å². The highest BCUT2D eigenvalue weighted by atomic mass is 16.5. The van der Waals surface area contributed by atoms with Crippen LogP contribution in [0.1, 0.15) is 37.7 Å². The molecule has 0 unspecified atom stereocenters. The summed E-state index contributed by atoms with van der Waals surface area (Å²) in [5.74, 6) is 1.46. The summed E-state index contributed by atoms with van der Waals surface area (Å²) in [5, 5.41) is 11.0. The van der Waals surface area contributed by atoms with Gasteiger partial charge in [-0.15, -0.1) is 0 Å². The fourth-order valence-electron chi connectivity index (χ4n) is 3.01. The van der Waals surface area contributed by atoms with E-state index in [1.165, 1.54) is 6.20 Å². The number of nitrogens with one attached hydrogen (secondary N) is 1. The van der Waals surface area contributed by atoms with E-state index in [-0.39, 0.29) is 11.7 Å². The van der Waals surface area contributed by atoms with Gasteiger partial charge in [-0.05, 0) is 30.0 Å². The predicted octanol–water partition coefficient (Wildman–Crippen LogP) is 3.22. The number of H-pyrrole nitrogens is 1. The number of hydrogen-bond donors (Lipinski definition) is 3. The first-order chi connectivity index (χ1) is 13.9. The molecule has 0 saturated heterocycles. The van der Waals surface area contributed by atoms with Crippen LogP contribution in [0.4, 0.5) is 0 Å². The van der Waals surface area contributed by atoms with Crippen molar-refractivity contribution in [1.82, 2.24) is 20.3 Å². The van der Waals surface area contributed by atoms with E-state index in [2.05, 4.69) is 52.7 Å². The fourth-order valence-corrected chi connectivity index (χ4v) is 3.01. The minimum absolute atomic E-state index is 0.215. The van der Waals surface area contributed by atoms with Crippen LogP contribution >= 0.6 is 0 Å². The molecule has 150 valence electrons. The normalized spacial score (nSPS) is 14.4. The van der Waals surface area contributed by atoms with Crippen LogP contribution in [0.2, 0.25) is 0 Å². The van der Waals surface area contributed by atoms with Crippen LogP contribution in [-0.2, 0) is 5.41 Å². The van der Waals surface area contributed by atoms with Crippen LogP contribution in [0, 0.1) is 5.92 Å². The van der Waals surface area contributed by atoms with E-state index in [0.29, 0.717) is 17.4 Å². The Morgan fingerprint density at radius 3 is 2.55 bits per heavy atom. The Morgan fingerprint density at radius 1 is 1.28 bits per heavy atom. The summed E-state index contributed by atoms with van der Waals surface area (Å²) >= 11 is 0. The van der Waals surface area contributed by atoms with Gasteiger partial charge in [-0.3, -0.25) is 5.10 Å². The number of hydrogen-bond acceptors (Lipinski definition) is 7. The zero-order valence-electron chi connectivity index (χ0n) is 16.8. The number of allylic oxidation sites excluding steroid dienone is 1. The first-order valence-corrected chi connectivity index (χ1v) is 9.21. The molecule has 0 radical (unpaired) electrons. The summed E-state index contributed by atoms with van der Waals surface area (Å²) in [7, 11) is 0. The summed E-state index contributed by atoms with van der Waals surface area (Å²) < 4.78 is 5.47. The van der Waals surface area contributed by atoms with Gasteiger partial charge in [0.05, 0.1) is 5.41 Å². The molecule has 0 aliphatic carbocycles. The number of nitrogens with two attached hydrogens (primary N) is 2. The first kappa shape index (κ1) is 20.1. The van der Waals surface area contributed by atoms with Crippen LogP contribution in [0.3, 0.4) is 0 Å². The van der Waals surface area contributed by atoms with Crippen molar-refractivity contribution >= 4 is 11.8 Å². The van der Waals surface area contributed by atoms with Crippen molar-refractivity contribution in [1.29, 1.82) is 0 Å². The van der Waals surface area contributed by atoms with Gasteiger partial charge in [0.1, 0.15) is 11.5 Å². The average molecular weight is 391 g/mol. The zero-order valence-corrected chi connectivity index (χ0v) is 16.8. The average Bonchev–Trinajstić information content (AvgIpc) is 3.39. The molecule has 0 amide bonds. The molecule has 0 aliphatic rings. The fraction of sp³-hybridized carbons (Fsp3) is 0.238. The highest BCUT2D eigenvalue weighted by Crippen LogP contribution is 2.38. The largest absolute Gasteiger partial charge is 0.404 e. The molecule has 5 N–H and O–H groups in total.